The van der Waals surface area contributed by atoms with Crippen LogP contribution in [0.15, 0.2) is 12.2 Å². The van der Waals surface area contributed by atoms with E-state index in [1.54, 1.807) is 0 Å². The zero-order valence-electron chi connectivity index (χ0n) is 19.0. The summed E-state index contributed by atoms with van der Waals surface area (Å²) >= 11 is 0. The van der Waals surface area contributed by atoms with Crippen LogP contribution in [0.3, 0.4) is 0 Å². The third-order valence-corrected chi connectivity index (χ3v) is 8.86. The van der Waals surface area contributed by atoms with Gasteiger partial charge in [0.25, 0.3) is 0 Å². The van der Waals surface area contributed by atoms with Gasteiger partial charge in [0, 0.05) is 36.5 Å². The van der Waals surface area contributed by atoms with Gasteiger partial charge in [-0.3, -0.25) is 14.4 Å². The lowest BCUT2D eigenvalue weighted by Crippen LogP contribution is -2.70. The molecule has 4 aliphatic carbocycles. The van der Waals surface area contributed by atoms with Crippen LogP contribution in [0.1, 0.15) is 60.3 Å². The minimum atomic E-state index is -0.960. The van der Waals surface area contributed by atoms with Crippen LogP contribution in [0.5, 0.6) is 0 Å². The van der Waals surface area contributed by atoms with E-state index in [0.29, 0.717) is 24.8 Å². The fourth-order valence-corrected chi connectivity index (χ4v) is 8.46. The molecule has 0 aromatic carbocycles. The van der Waals surface area contributed by atoms with Crippen molar-refractivity contribution in [1.29, 1.82) is 0 Å². The maximum absolute atomic E-state index is 13.5. The van der Waals surface area contributed by atoms with Gasteiger partial charge in [-0.15, -0.1) is 0 Å². The van der Waals surface area contributed by atoms with E-state index < -0.39 is 58.5 Å². The van der Waals surface area contributed by atoms with Gasteiger partial charge in [0.15, 0.2) is 5.78 Å². The highest BCUT2D eigenvalue weighted by molar-refractivity contribution is 6.03. The van der Waals surface area contributed by atoms with E-state index in [4.69, 9.17) is 9.47 Å². The minimum absolute atomic E-state index is 0.0368. The van der Waals surface area contributed by atoms with Crippen molar-refractivity contribution in [3.8, 4) is 0 Å². The van der Waals surface area contributed by atoms with E-state index >= 15 is 0 Å². The zero-order valence-corrected chi connectivity index (χ0v) is 19.0. The largest absolute Gasteiger partial charge is 0.462 e. The molecule has 2 bridgehead atoms. The molecule has 4 fully saturated rings. The van der Waals surface area contributed by atoms with Gasteiger partial charge in [-0.05, 0) is 42.6 Å². The van der Waals surface area contributed by atoms with E-state index in [9.17, 15) is 24.6 Å². The van der Waals surface area contributed by atoms with Crippen LogP contribution in [0, 0.1) is 34.0 Å². The number of aliphatic hydroxyl groups is 2. The first-order valence-electron chi connectivity index (χ1n) is 11.2. The molecule has 0 aromatic rings. The highest BCUT2D eigenvalue weighted by atomic mass is 16.6. The van der Waals surface area contributed by atoms with Crippen LogP contribution in [-0.2, 0) is 23.9 Å². The van der Waals surface area contributed by atoms with Crippen LogP contribution in [0.4, 0.5) is 0 Å². The number of rotatable bonds is 2. The molecule has 4 rings (SSSR count). The summed E-state index contributed by atoms with van der Waals surface area (Å²) in [6.45, 7) is 12.5. The highest BCUT2D eigenvalue weighted by Crippen LogP contribution is 2.71. The van der Waals surface area contributed by atoms with E-state index in [1.807, 2.05) is 20.8 Å². The van der Waals surface area contributed by atoms with Gasteiger partial charge < -0.3 is 19.7 Å². The zero-order chi connectivity index (χ0) is 23.1. The molecule has 4 saturated carbocycles. The summed E-state index contributed by atoms with van der Waals surface area (Å²) in [6.07, 6.45) is -1.44. The van der Waals surface area contributed by atoms with Crippen LogP contribution < -0.4 is 0 Å². The second-order valence-corrected chi connectivity index (χ2v) is 11.2. The van der Waals surface area contributed by atoms with E-state index in [1.165, 1.54) is 13.8 Å². The molecule has 0 saturated heterocycles. The minimum Gasteiger partial charge on any atom is -0.462 e. The molecule has 7 heteroatoms. The Hall–Kier alpha value is -1.73. The van der Waals surface area contributed by atoms with Crippen molar-refractivity contribution in [1.82, 2.24) is 0 Å². The summed E-state index contributed by atoms with van der Waals surface area (Å²) in [5.74, 6) is -1.74. The summed E-state index contributed by atoms with van der Waals surface area (Å²) in [6, 6.07) is 0. The van der Waals surface area contributed by atoms with Crippen molar-refractivity contribution < 1.29 is 34.1 Å². The number of carbonyl (C=O) groups excluding carboxylic acids is 3. The summed E-state index contributed by atoms with van der Waals surface area (Å²) in [7, 11) is 0. The predicted octanol–water partition coefficient (Wildman–Crippen LogP) is 2.18. The summed E-state index contributed by atoms with van der Waals surface area (Å²) in [5, 5.41) is 22.4. The quantitative estimate of drug-likeness (QED) is 0.506. The van der Waals surface area contributed by atoms with Gasteiger partial charge in [-0.25, -0.2) is 0 Å². The van der Waals surface area contributed by atoms with Crippen LogP contribution in [0.25, 0.3) is 0 Å². The topological polar surface area (TPSA) is 110 Å². The standard InChI is InChI=1S/C24H34O7/c1-11-14-7-15(27)18-23(6)9-16(28)21(31-13(3)26)22(4,5)19(23)17(30-12(2)25)10-24(18,8-14)20(11)29/h14-19,21,27-28H,1,7-10H2,2-6H3/t14-,15+,16-,17-,18-,19+,21-,23-,24-/m0/s1. The van der Waals surface area contributed by atoms with Crippen molar-refractivity contribution in [2.75, 3.05) is 0 Å². The summed E-state index contributed by atoms with van der Waals surface area (Å²) in [4.78, 5) is 37.4. The van der Waals surface area contributed by atoms with Gasteiger partial charge in [-0.1, -0.05) is 27.4 Å². The van der Waals surface area contributed by atoms with Crippen LogP contribution in [0.2, 0.25) is 0 Å². The molecular weight excluding hydrogens is 400 g/mol. The Kier molecular flexibility index (Phi) is 4.99. The Balaban J connectivity index is 1.88. The molecule has 9 atom stereocenters. The average molecular weight is 435 g/mol. The van der Waals surface area contributed by atoms with Gasteiger partial charge in [0.05, 0.1) is 12.2 Å². The molecule has 0 aliphatic heterocycles. The number of Topliss-reactive ketones (excluding diaryl/α,β-unsaturated/α-hetero) is 1. The Morgan fingerprint density at radius 1 is 0.968 bits per heavy atom. The molecule has 172 valence electrons. The number of hydrogen-bond donors (Lipinski definition) is 2. The lowest BCUT2D eigenvalue weighted by atomic mass is 9.39. The van der Waals surface area contributed by atoms with Gasteiger partial charge >= 0.3 is 11.9 Å². The molecular formula is C24H34O7. The third kappa shape index (κ3) is 2.95. The monoisotopic (exact) mass is 434 g/mol. The van der Waals surface area contributed by atoms with Crippen molar-refractivity contribution >= 4 is 17.7 Å². The SMILES string of the molecule is C=C1C(=O)[C@]23C[C@@H]1C[C@@H](O)[C@H]2[C@]1(C)C[C@H](O)[C@H](OC(C)=O)C(C)(C)[C@H]1[C@@H](OC(C)=O)C3. The number of esters is 2. The third-order valence-electron chi connectivity index (χ3n) is 8.86. The van der Waals surface area contributed by atoms with Crippen molar-refractivity contribution in [2.45, 2.75) is 84.7 Å². The number of hydrogen-bond acceptors (Lipinski definition) is 7. The van der Waals surface area contributed by atoms with Gasteiger partial charge in [-0.2, -0.15) is 0 Å². The number of allylic oxidation sites excluding steroid dienone is 1. The Morgan fingerprint density at radius 2 is 1.58 bits per heavy atom. The number of carbonyl (C=O) groups is 3. The summed E-state index contributed by atoms with van der Waals surface area (Å²) in [5.41, 5.74) is -1.76. The maximum Gasteiger partial charge on any atom is 0.303 e. The smallest absolute Gasteiger partial charge is 0.303 e. The van der Waals surface area contributed by atoms with Crippen molar-refractivity contribution in [3.63, 3.8) is 0 Å². The molecule has 0 amide bonds. The molecule has 4 aliphatic rings. The molecule has 0 unspecified atom stereocenters. The molecule has 7 nitrogen and oxygen atoms in total. The number of ketones is 1. The molecule has 2 N–H and O–H groups in total. The number of fused-ring (bicyclic) bond motifs is 3. The molecule has 31 heavy (non-hydrogen) atoms. The first-order valence-corrected chi connectivity index (χ1v) is 11.2. The van der Waals surface area contributed by atoms with E-state index in [0.717, 1.165) is 0 Å². The summed E-state index contributed by atoms with van der Waals surface area (Å²) < 4.78 is 11.4. The fraction of sp³-hybridized carbons (Fsp3) is 0.792. The number of ether oxygens (including phenoxy) is 2. The molecule has 1 spiro atoms. The average Bonchev–Trinajstić information content (AvgIpc) is 2.78. The Bertz CT molecular complexity index is 847. The normalized spacial score (nSPS) is 47.9. The van der Waals surface area contributed by atoms with Crippen molar-refractivity contribution in [2.24, 2.45) is 34.0 Å². The van der Waals surface area contributed by atoms with Crippen LogP contribution >= 0.6 is 0 Å². The lowest BCUT2D eigenvalue weighted by molar-refractivity contribution is -0.269. The Labute approximate surface area is 183 Å². The molecule has 0 radical (unpaired) electrons. The van der Waals surface area contributed by atoms with Gasteiger partial charge in [0.1, 0.15) is 12.2 Å². The van der Waals surface area contributed by atoms with E-state index in [2.05, 4.69) is 6.58 Å². The predicted molar refractivity (Wildman–Crippen MR) is 111 cm³/mol. The van der Waals surface area contributed by atoms with Crippen LogP contribution in [-0.4, -0.2) is 52.4 Å². The Morgan fingerprint density at radius 3 is 2.16 bits per heavy atom. The molecule has 0 aromatic heterocycles. The fourth-order valence-electron chi connectivity index (χ4n) is 8.46. The first kappa shape index (κ1) is 22.5. The van der Waals surface area contributed by atoms with Gasteiger partial charge in [0.2, 0.25) is 0 Å². The highest BCUT2D eigenvalue weighted by Gasteiger charge is 2.74. The first-order chi connectivity index (χ1) is 14.3. The molecule has 0 heterocycles. The number of aliphatic hydroxyl groups excluding tert-OH is 2. The maximum atomic E-state index is 13.5. The van der Waals surface area contributed by atoms with Crippen molar-refractivity contribution in [3.05, 3.63) is 12.2 Å². The second kappa shape index (κ2) is 6.88. The second-order valence-electron chi connectivity index (χ2n) is 11.2. The van der Waals surface area contributed by atoms with E-state index in [-0.39, 0.29) is 24.0 Å². The lowest BCUT2D eigenvalue weighted by Gasteiger charge is -2.67.